The molecule has 0 aromatic carbocycles. The third kappa shape index (κ3) is 1.97. The highest BCUT2D eigenvalue weighted by Crippen LogP contribution is 2.20. The van der Waals surface area contributed by atoms with Crippen molar-refractivity contribution < 1.29 is 13.8 Å². The first-order valence-electron chi connectivity index (χ1n) is 4.38. The Kier molecular flexibility index (Phi) is 2.57. The van der Waals surface area contributed by atoms with E-state index in [1.807, 2.05) is 0 Å². The fraction of sp³-hybridized carbons (Fsp3) is 0. The third-order valence-electron chi connectivity index (χ3n) is 1.92. The Morgan fingerprint density at radius 2 is 2.12 bits per heavy atom. The number of rotatable bonds is 2. The van der Waals surface area contributed by atoms with E-state index in [0.29, 0.717) is 0 Å². The summed E-state index contributed by atoms with van der Waals surface area (Å²) in [6.07, 6.45) is 2.12. The number of amides is 1. The summed E-state index contributed by atoms with van der Waals surface area (Å²) in [5.74, 6) is -1.64. The van der Waals surface area contributed by atoms with Gasteiger partial charge < -0.3 is 16.8 Å². The highest BCUT2D eigenvalue weighted by molar-refractivity contribution is 6.06. The molecule has 0 aliphatic rings. The lowest BCUT2D eigenvalue weighted by molar-refractivity contribution is 0.101. The molecule has 2 heterocycles. The molecular formula is C8H7FN6O2. The monoisotopic (exact) mass is 238 g/mol. The van der Waals surface area contributed by atoms with Crippen LogP contribution in [0.3, 0.4) is 0 Å². The van der Waals surface area contributed by atoms with Crippen LogP contribution in [0, 0.1) is 5.82 Å². The van der Waals surface area contributed by atoms with Gasteiger partial charge in [0.25, 0.3) is 5.91 Å². The quantitative estimate of drug-likeness (QED) is 0.671. The molecule has 0 spiro atoms. The average molecular weight is 238 g/mol. The number of nitrogens with zero attached hydrogens (tertiary/aromatic N) is 3. The molecule has 2 aromatic rings. The van der Waals surface area contributed by atoms with E-state index in [-0.39, 0.29) is 22.9 Å². The minimum atomic E-state index is -0.742. The number of halogens is 1. The number of aromatic nitrogens is 3. The SMILES string of the molecule is Nc1nonc1C(=O)Nc1cncc(F)c1N. The van der Waals surface area contributed by atoms with E-state index in [4.69, 9.17) is 11.5 Å². The minimum Gasteiger partial charge on any atom is -0.395 e. The van der Waals surface area contributed by atoms with Gasteiger partial charge in [-0.2, -0.15) is 0 Å². The first-order chi connectivity index (χ1) is 8.09. The zero-order valence-electron chi connectivity index (χ0n) is 8.35. The van der Waals surface area contributed by atoms with Crippen LogP contribution in [0.4, 0.5) is 21.6 Å². The zero-order valence-corrected chi connectivity index (χ0v) is 8.35. The first kappa shape index (κ1) is 10.8. The number of hydrogen-bond acceptors (Lipinski definition) is 7. The van der Waals surface area contributed by atoms with Gasteiger partial charge in [0.05, 0.1) is 23.8 Å². The third-order valence-corrected chi connectivity index (χ3v) is 1.92. The summed E-state index contributed by atoms with van der Waals surface area (Å²) in [7, 11) is 0. The Labute approximate surface area is 93.8 Å². The normalized spacial score (nSPS) is 10.2. The van der Waals surface area contributed by atoms with Crippen LogP contribution in [0.2, 0.25) is 0 Å². The molecule has 8 nitrogen and oxygen atoms in total. The standard InChI is InChI=1S/C8H7FN6O2/c9-3-1-12-2-4(5(3)10)13-8(16)6-7(11)15-17-14-6/h1-2H,(H2,10,12)(H2,11,15)(H,13,16). The van der Waals surface area contributed by atoms with E-state index in [0.717, 1.165) is 6.20 Å². The van der Waals surface area contributed by atoms with Crippen LogP contribution in [0.1, 0.15) is 10.5 Å². The van der Waals surface area contributed by atoms with Crippen molar-refractivity contribution in [3.63, 3.8) is 0 Å². The highest BCUT2D eigenvalue weighted by Gasteiger charge is 2.17. The molecule has 9 heteroatoms. The lowest BCUT2D eigenvalue weighted by atomic mass is 10.3. The number of carbonyl (C=O) groups is 1. The van der Waals surface area contributed by atoms with Crippen molar-refractivity contribution >= 4 is 23.1 Å². The van der Waals surface area contributed by atoms with Crippen molar-refractivity contribution in [3.8, 4) is 0 Å². The van der Waals surface area contributed by atoms with E-state index in [9.17, 15) is 9.18 Å². The van der Waals surface area contributed by atoms with Gasteiger partial charge in [-0.05, 0) is 10.3 Å². The van der Waals surface area contributed by atoms with Crippen LogP contribution in [0.25, 0.3) is 0 Å². The molecule has 1 amide bonds. The average Bonchev–Trinajstić information content (AvgIpc) is 2.71. The largest absolute Gasteiger partial charge is 0.395 e. The van der Waals surface area contributed by atoms with Gasteiger partial charge in [0.1, 0.15) is 0 Å². The Hall–Kier alpha value is -2.71. The van der Waals surface area contributed by atoms with E-state index in [2.05, 4.69) is 25.2 Å². The molecule has 5 N–H and O–H groups in total. The molecule has 0 unspecified atom stereocenters. The predicted octanol–water partition coefficient (Wildman–Crippen LogP) is 0.0204. The summed E-state index contributed by atoms with van der Waals surface area (Å²) in [5.41, 5.74) is 10.3. The number of anilines is 3. The summed E-state index contributed by atoms with van der Waals surface area (Å²) in [4.78, 5) is 15.1. The second-order valence-electron chi connectivity index (χ2n) is 3.03. The Morgan fingerprint density at radius 1 is 1.35 bits per heavy atom. The van der Waals surface area contributed by atoms with Gasteiger partial charge in [-0.1, -0.05) is 0 Å². The van der Waals surface area contributed by atoms with E-state index >= 15 is 0 Å². The molecule has 2 aromatic heterocycles. The molecule has 2 rings (SSSR count). The Balaban J connectivity index is 2.25. The lowest BCUT2D eigenvalue weighted by Gasteiger charge is -2.05. The molecule has 0 atom stereocenters. The molecule has 17 heavy (non-hydrogen) atoms. The topological polar surface area (TPSA) is 133 Å². The van der Waals surface area contributed by atoms with Crippen LogP contribution >= 0.6 is 0 Å². The molecule has 0 bridgehead atoms. The van der Waals surface area contributed by atoms with Gasteiger partial charge in [0.2, 0.25) is 11.5 Å². The zero-order chi connectivity index (χ0) is 12.4. The van der Waals surface area contributed by atoms with Gasteiger partial charge >= 0.3 is 0 Å². The van der Waals surface area contributed by atoms with Crippen LogP contribution < -0.4 is 16.8 Å². The summed E-state index contributed by atoms with van der Waals surface area (Å²) >= 11 is 0. The molecular weight excluding hydrogens is 231 g/mol. The van der Waals surface area contributed by atoms with E-state index < -0.39 is 11.7 Å². The first-order valence-corrected chi connectivity index (χ1v) is 4.38. The van der Waals surface area contributed by atoms with Crippen LogP contribution in [-0.2, 0) is 0 Å². The van der Waals surface area contributed by atoms with Gasteiger partial charge in [0, 0.05) is 0 Å². The molecule has 0 fully saturated rings. The lowest BCUT2D eigenvalue weighted by Crippen LogP contribution is -2.16. The molecule has 0 aliphatic heterocycles. The summed E-state index contributed by atoms with van der Waals surface area (Å²) < 4.78 is 17.3. The molecule has 0 saturated carbocycles. The van der Waals surface area contributed by atoms with Gasteiger partial charge in [-0.25, -0.2) is 9.02 Å². The maximum Gasteiger partial charge on any atom is 0.281 e. The second-order valence-corrected chi connectivity index (χ2v) is 3.03. The van der Waals surface area contributed by atoms with Gasteiger partial charge in [-0.15, -0.1) is 0 Å². The van der Waals surface area contributed by atoms with Crippen molar-refractivity contribution in [3.05, 3.63) is 23.9 Å². The van der Waals surface area contributed by atoms with Gasteiger partial charge in [-0.3, -0.25) is 9.78 Å². The van der Waals surface area contributed by atoms with Crippen LogP contribution in [0.15, 0.2) is 17.0 Å². The number of carbonyl (C=O) groups excluding carboxylic acids is 1. The number of hydrogen-bond donors (Lipinski definition) is 3. The molecule has 0 aliphatic carbocycles. The molecule has 0 saturated heterocycles. The summed E-state index contributed by atoms with van der Waals surface area (Å²) in [6.45, 7) is 0. The van der Waals surface area contributed by atoms with Crippen LogP contribution in [-0.4, -0.2) is 21.2 Å². The fourth-order valence-corrected chi connectivity index (χ4v) is 1.08. The van der Waals surface area contributed by atoms with Crippen molar-refractivity contribution in [1.82, 2.24) is 15.3 Å². The second kappa shape index (κ2) is 4.04. The maximum absolute atomic E-state index is 13.0. The Bertz CT molecular complexity index is 569. The van der Waals surface area contributed by atoms with Crippen molar-refractivity contribution in [2.75, 3.05) is 16.8 Å². The number of nitrogens with one attached hydrogen (secondary N) is 1. The van der Waals surface area contributed by atoms with E-state index in [1.165, 1.54) is 6.20 Å². The molecule has 88 valence electrons. The summed E-state index contributed by atoms with van der Waals surface area (Å²) in [5, 5.41) is 8.80. The maximum atomic E-state index is 13.0. The Morgan fingerprint density at radius 3 is 2.76 bits per heavy atom. The predicted molar refractivity (Wildman–Crippen MR) is 55.3 cm³/mol. The van der Waals surface area contributed by atoms with Crippen molar-refractivity contribution in [2.24, 2.45) is 0 Å². The number of nitrogens with two attached hydrogens (primary N) is 2. The van der Waals surface area contributed by atoms with Crippen molar-refractivity contribution in [1.29, 1.82) is 0 Å². The summed E-state index contributed by atoms with van der Waals surface area (Å²) in [6, 6.07) is 0. The van der Waals surface area contributed by atoms with Crippen LogP contribution in [0.5, 0.6) is 0 Å². The van der Waals surface area contributed by atoms with E-state index in [1.54, 1.807) is 0 Å². The van der Waals surface area contributed by atoms with Crippen molar-refractivity contribution in [2.45, 2.75) is 0 Å². The smallest absolute Gasteiger partial charge is 0.281 e. The highest BCUT2D eigenvalue weighted by atomic mass is 19.1. The number of nitrogen functional groups attached to an aromatic ring is 2. The van der Waals surface area contributed by atoms with Gasteiger partial charge in [0.15, 0.2) is 5.82 Å². The molecule has 0 radical (unpaired) electrons. The number of pyridine rings is 1. The fourth-order valence-electron chi connectivity index (χ4n) is 1.08. The minimum absolute atomic E-state index is 0.0115.